The van der Waals surface area contributed by atoms with Crippen LogP contribution in [0.25, 0.3) is 0 Å². The van der Waals surface area contributed by atoms with Gasteiger partial charge in [0.25, 0.3) is 0 Å². The van der Waals surface area contributed by atoms with E-state index in [-0.39, 0.29) is 24.0 Å². The van der Waals surface area contributed by atoms with Crippen molar-refractivity contribution < 1.29 is 8.42 Å². The first-order valence-electron chi connectivity index (χ1n) is 9.33. The molecule has 0 radical (unpaired) electrons. The first-order valence-corrected chi connectivity index (χ1v) is 11.2. The fourth-order valence-corrected chi connectivity index (χ4v) is 3.27. The Bertz CT molecular complexity index is 661. The highest BCUT2D eigenvalue weighted by Gasteiger charge is 2.07. The molecule has 0 aliphatic heterocycles. The Morgan fingerprint density at radius 3 is 2.26 bits per heavy atom. The van der Waals surface area contributed by atoms with Crippen LogP contribution >= 0.6 is 24.0 Å². The third-order valence-corrected chi connectivity index (χ3v) is 5.32. The molecule has 2 N–H and O–H groups in total. The predicted molar refractivity (Wildman–Crippen MR) is 125 cm³/mol. The van der Waals surface area contributed by atoms with Crippen LogP contribution < -0.4 is 10.6 Å². The van der Waals surface area contributed by atoms with E-state index >= 15 is 0 Å². The second kappa shape index (κ2) is 13.3. The standard InChI is InChI=1S/C19H34N4O2S.HI/c1-6-20-19(22-14-15-23(7-2)16(3)4)21-13-12-17-8-10-18(11-9-17)26(5,24)25;/h8-11,16H,6-7,12-15H2,1-5H3,(H2,20,21,22);1H. The smallest absolute Gasteiger partial charge is 0.191 e. The second-order valence-electron chi connectivity index (χ2n) is 6.58. The van der Waals surface area contributed by atoms with E-state index in [4.69, 9.17) is 0 Å². The van der Waals surface area contributed by atoms with E-state index in [1.807, 2.05) is 19.1 Å². The summed E-state index contributed by atoms with van der Waals surface area (Å²) in [7, 11) is -3.14. The van der Waals surface area contributed by atoms with E-state index in [2.05, 4.69) is 41.3 Å². The van der Waals surface area contributed by atoms with Crippen LogP contribution in [0.15, 0.2) is 34.2 Å². The lowest BCUT2D eigenvalue weighted by Crippen LogP contribution is -2.39. The van der Waals surface area contributed by atoms with Crippen LogP contribution in [0.5, 0.6) is 0 Å². The van der Waals surface area contributed by atoms with Gasteiger partial charge in [-0.15, -0.1) is 24.0 Å². The Morgan fingerprint density at radius 2 is 1.78 bits per heavy atom. The van der Waals surface area contributed by atoms with Crippen LogP contribution in [-0.4, -0.2) is 64.3 Å². The number of nitrogens with one attached hydrogen (secondary N) is 2. The van der Waals surface area contributed by atoms with Crippen molar-refractivity contribution in [2.24, 2.45) is 4.99 Å². The molecule has 0 unspecified atom stereocenters. The maximum Gasteiger partial charge on any atom is 0.191 e. The SMILES string of the molecule is CCNC(=NCCN(CC)C(C)C)NCCc1ccc(S(C)(=O)=O)cc1.I. The summed E-state index contributed by atoms with van der Waals surface area (Å²) in [6, 6.07) is 7.58. The Balaban J connectivity index is 0.00000676. The zero-order valence-electron chi connectivity index (χ0n) is 17.2. The third-order valence-electron chi connectivity index (χ3n) is 4.20. The number of hydrogen-bond acceptors (Lipinski definition) is 4. The van der Waals surface area contributed by atoms with Gasteiger partial charge in [0.2, 0.25) is 0 Å². The van der Waals surface area contributed by atoms with Gasteiger partial charge >= 0.3 is 0 Å². The van der Waals surface area contributed by atoms with Crippen molar-refractivity contribution in [3.8, 4) is 0 Å². The van der Waals surface area contributed by atoms with E-state index in [9.17, 15) is 8.42 Å². The number of hydrogen-bond donors (Lipinski definition) is 2. The molecule has 6 nitrogen and oxygen atoms in total. The molecule has 0 amide bonds. The molecule has 0 aliphatic rings. The third kappa shape index (κ3) is 10.3. The fourth-order valence-electron chi connectivity index (χ4n) is 2.64. The lowest BCUT2D eigenvalue weighted by Gasteiger charge is -2.23. The Labute approximate surface area is 182 Å². The van der Waals surface area contributed by atoms with E-state index in [0.717, 1.165) is 50.7 Å². The van der Waals surface area contributed by atoms with Crippen molar-refractivity contribution in [2.45, 2.75) is 45.1 Å². The summed E-state index contributed by atoms with van der Waals surface area (Å²) in [5.41, 5.74) is 1.10. The molecule has 8 heteroatoms. The summed E-state index contributed by atoms with van der Waals surface area (Å²) >= 11 is 0. The van der Waals surface area contributed by atoms with Gasteiger partial charge in [-0.25, -0.2) is 8.42 Å². The number of guanidine groups is 1. The van der Waals surface area contributed by atoms with Crippen molar-refractivity contribution in [1.82, 2.24) is 15.5 Å². The van der Waals surface area contributed by atoms with Gasteiger partial charge in [0, 0.05) is 31.9 Å². The summed E-state index contributed by atoms with van der Waals surface area (Å²) in [4.78, 5) is 7.38. The normalized spacial score (nSPS) is 12.2. The minimum atomic E-state index is -3.14. The largest absolute Gasteiger partial charge is 0.357 e. The number of sulfone groups is 1. The van der Waals surface area contributed by atoms with Crippen LogP contribution in [0, 0.1) is 0 Å². The van der Waals surface area contributed by atoms with Gasteiger partial charge in [0.05, 0.1) is 11.4 Å². The molecule has 0 saturated heterocycles. The number of likely N-dealkylation sites (N-methyl/N-ethyl adjacent to an activating group) is 1. The van der Waals surface area contributed by atoms with Gasteiger partial charge in [0.15, 0.2) is 15.8 Å². The highest BCUT2D eigenvalue weighted by Crippen LogP contribution is 2.10. The topological polar surface area (TPSA) is 73.8 Å². The number of rotatable bonds is 10. The maximum absolute atomic E-state index is 11.5. The first kappa shape index (κ1) is 26.1. The number of aliphatic imine (C=N–C) groups is 1. The number of nitrogens with zero attached hydrogens (tertiary/aromatic N) is 2. The molecule has 0 heterocycles. The van der Waals surface area contributed by atoms with Gasteiger partial charge in [-0.2, -0.15) is 0 Å². The number of halogens is 1. The molecule has 0 bridgehead atoms. The summed E-state index contributed by atoms with van der Waals surface area (Å²) < 4.78 is 23.0. The quantitative estimate of drug-likeness (QED) is 0.288. The van der Waals surface area contributed by atoms with Crippen LogP contribution in [-0.2, 0) is 16.3 Å². The minimum absolute atomic E-state index is 0. The predicted octanol–water partition coefficient (Wildman–Crippen LogP) is 2.54. The lowest BCUT2D eigenvalue weighted by atomic mass is 10.1. The molecule has 0 spiro atoms. The Hall–Kier alpha value is -0.870. The highest BCUT2D eigenvalue weighted by atomic mass is 127. The van der Waals surface area contributed by atoms with Gasteiger partial charge in [0.1, 0.15) is 0 Å². The molecule has 0 atom stereocenters. The van der Waals surface area contributed by atoms with E-state index in [1.165, 1.54) is 6.26 Å². The maximum atomic E-state index is 11.5. The van der Waals surface area contributed by atoms with Gasteiger partial charge in [-0.05, 0) is 51.4 Å². The minimum Gasteiger partial charge on any atom is -0.357 e. The monoisotopic (exact) mass is 510 g/mol. The molecule has 156 valence electrons. The molecule has 0 aromatic heterocycles. The Morgan fingerprint density at radius 1 is 1.15 bits per heavy atom. The van der Waals surface area contributed by atoms with Crippen LogP contribution in [0.1, 0.15) is 33.3 Å². The molecule has 1 aromatic carbocycles. The molecular weight excluding hydrogens is 475 g/mol. The van der Waals surface area contributed by atoms with Crippen molar-refractivity contribution >= 4 is 39.8 Å². The Kier molecular flexibility index (Phi) is 12.9. The molecule has 1 rings (SSSR count). The zero-order valence-corrected chi connectivity index (χ0v) is 20.3. The summed E-state index contributed by atoms with van der Waals surface area (Å²) in [6.07, 6.45) is 2.03. The molecular formula is C19H35IN4O2S. The summed E-state index contributed by atoms with van der Waals surface area (Å²) in [6.45, 7) is 12.9. The van der Waals surface area contributed by atoms with Crippen molar-refractivity contribution in [1.29, 1.82) is 0 Å². The first-order chi connectivity index (χ1) is 12.3. The van der Waals surface area contributed by atoms with Gasteiger partial charge < -0.3 is 10.6 Å². The van der Waals surface area contributed by atoms with Crippen molar-refractivity contribution in [3.05, 3.63) is 29.8 Å². The van der Waals surface area contributed by atoms with Crippen LogP contribution in [0.4, 0.5) is 0 Å². The molecule has 0 fully saturated rings. The van der Waals surface area contributed by atoms with E-state index in [0.29, 0.717) is 10.9 Å². The van der Waals surface area contributed by atoms with Crippen molar-refractivity contribution in [2.75, 3.05) is 39.0 Å². The van der Waals surface area contributed by atoms with Gasteiger partial charge in [-0.1, -0.05) is 19.1 Å². The van der Waals surface area contributed by atoms with Crippen LogP contribution in [0.3, 0.4) is 0 Å². The second-order valence-corrected chi connectivity index (χ2v) is 8.59. The summed E-state index contributed by atoms with van der Waals surface area (Å²) in [5, 5.41) is 6.60. The zero-order chi connectivity index (χ0) is 19.6. The summed E-state index contributed by atoms with van der Waals surface area (Å²) in [5.74, 6) is 0.820. The lowest BCUT2D eigenvalue weighted by molar-refractivity contribution is 0.240. The van der Waals surface area contributed by atoms with E-state index in [1.54, 1.807) is 12.1 Å². The van der Waals surface area contributed by atoms with E-state index < -0.39 is 9.84 Å². The van der Waals surface area contributed by atoms with Gasteiger partial charge in [-0.3, -0.25) is 9.89 Å². The molecule has 27 heavy (non-hydrogen) atoms. The fraction of sp³-hybridized carbons (Fsp3) is 0.632. The average Bonchev–Trinajstić information content (AvgIpc) is 2.58. The highest BCUT2D eigenvalue weighted by molar-refractivity contribution is 14.0. The number of benzene rings is 1. The van der Waals surface area contributed by atoms with Crippen LogP contribution in [0.2, 0.25) is 0 Å². The molecule has 0 aliphatic carbocycles. The molecule has 1 aromatic rings. The average molecular weight is 510 g/mol. The van der Waals surface area contributed by atoms with Crippen molar-refractivity contribution in [3.63, 3.8) is 0 Å². The molecule has 0 saturated carbocycles.